The van der Waals surface area contributed by atoms with Gasteiger partial charge in [-0.15, -0.1) is 0 Å². The number of Topliss-reactive ketones (excluding diaryl/α,β-unsaturated/α-hetero) is 1. The smallest absolute Gasteiger partial charge is 0.355 e. The monoisotopic (exact) mass is 252 g/mol. The van der Waals surface area contributed by atoms with E-state index in [1.165, 1.54) is 6.92 Å². The van der Waals surface area contributed by atoms with Gasteiger partial charge in [0.1, 0.15) is 11.5 Å². The fourth-order valence-corrected chi connectivity index (χ4v) is 1.31. The van der Waals surface area contributed by atoms with E-state index in [0.717, 1.165) is 0 Å². The number of methoxy groups -OCH3 is 1. The number of benzene rings is 1. The highest BCUT2D eigenvalue weighted by Gasteiger charge is 2.26. The number of rotatable bonds is 6. The summed E-state index contributed by atoms with van der Waals surface area (Å²) in [5.41, 5.74) is 0. The Balaban J connectivity index is 2.76. The van der Waals surface area contributed by atoms with Crippen molar-refractivity contribution < 1.29 is 23.8 Å². The third-order valence-electron chi connectivity index (χ3n) is 2.18. The summed E-state index contributed by atoms with van der Waals surface area (Å²) in [7, 11) is 1.55. The van der Waals surface area contributed by atoms with Gasteiger partial charge in [0.25, 0.3) is 6.10 Å². The Morgan fingerprint density at radius 3 is 2.17 bits per heavy atom. The van der Waals surface area contributed by atoms with Crippen LogP contribution in [-0.2, 0) is 14.3 Å². The summed E-state index contributed by atoms with van der Waals surface area (Å²) in [5.74, 6) is -0.00741. The molecule has 0 aliphatic rings. The largest absolute Gasteiger partial charge is 0.497 e. The number of hydrogen-bond donors (Lipinski definition) is 0. The van der Waals surface area contributed by atoms with Crippen LogP contribution < -0.4 is 9.47 Å². The van der Waals surface area contributed by atoms with Crippen LogP contribution >= 0.6 is 0 Å². The fraction of sp³-hybridized carbons (Fsp3) is 0.385. The summed E-state index contributed by atoms with van der Waals surface area (Å²) in [6, 6.07) is 6.59. The van der Waals surface area contributed by atoms with E-state index in [-0.39, 0.29) is 6.61 Å². The third kappa shape index (κ3) is 3.76. The molecule has 0 aliphatic heterocycles. The molecule has 1 atom stereocenters. The zero-order chi connectivity index (χ0) is 13.5. The average Bonchev–Trinajstić information content (AvgIpc) is 2.36. The molecule has 5 nitrogen and oxygen atoms in total. The highest BCUT2D eigenvalue weighted by atomic mass is 16.6. The molecular weight excluding hydrogens is 236 g/mol. The van der Waals surface area contributed by atoms with Crippen LogP contribution in [0.15, 0.2) is 24.3 Å². The molecule has 1 aromatic carbocycles. The van der Waals surface area contributed by atoms with Crippen molar-refractivity contribution in [1.82, 2.24) is 0 Å². The van der Waals surface area contributed by atoms with E-state index in [1.54, 1.807) is 38.3 Å². The standard InChI is InChI=1S/C13H16O5/c1-4-17-13(15)12(9(2)14)18-11-7-5-10(16-3)6-8-11/h5-8,12H,4H2,1-3H3/t12-/m1/s1. The van der Waals surface area contributed by atoms with E-state index >= 15 is 0 Å². The number of ketones is 1. The highest BCUT2D eigenvalue weighted by molar-refractivity contribution is 6.01. The van der Waals surface area contributed by atoms with Crippen LogP contribution in [0.5, 0.6) is 11.5 Å². The molecule has 98 valence electrons. The molecule has 0 spiro atoms. The molecule has 0 fully saturated rings. The van der Waals surface area contributed by atoms with Crippen molar-refractivity contribution in [3.8, 4) is 11.5 Å². The van der Waals surface area contributed by atoms with Crippen LogP contribution in [0, 0.1) is 0 Å². The molecule has 0 aliphatic carbocycles. The zero-order valence-electron chi connectivity index (χ0n) is 10.6. The number of carbonyl (C=O) groups excluding carboxylic acids is 2. The second-order valence-electron chi connectivity index (χ2n) is 3.54. The molecule has 5 heteroatoms. The summed E-state index contributed by atoms with van der Waals surface area (Å²) in [4.78, 5) is 22.9. The zero-order valence-corrected chi connectivity index (χ0v) is 10.6. The van der Waals surface area contributed by atoms with Crippen LogP contribution in [-0.4, -0.2) is 31.6 Å². The Morgan fingerprint density at radius 2 is 1.72 bits per heavy atom. The van der Waals surface area contributed by atoms with Crippen LogP contribution in [0.1, 0.15) is 13.8 Å². The maximum Gasteiger partial charge on any atom is 0.355 e. The van der Waals surface area contributed by atoms with Crippen LogP contribution in [0.2, 0.25) is 0 Å². The Labute approximate surface area is 106 Å². The quantitative estimate of drug-likeness (QED) is 0.568. The molecule has 0 saturated carbocycles. The van der Waals surface area contributed by atoms with Gasteiger partial charge in [0.15, 0.2) is 5.78 Å². The molecular formula is C13H16O5. The first-order valence-corrected chi connectivity index (χ1v) is 5.56. The van der Waals surface area contributed by atoms with Gasteiger partial charge >= 0.3 is 5.97 Å². The SMILES string of the molecule is CCOC(=O)[C@H](Oc1ccc(OC)cc1)C(C)=O. The van der Waals surface area contributed by atoms with Gasteiger partial charge in [0.05, 0.1) is 13.7 Å². The van der Waals surface area contributed by atoms with Crippen molar-refractivity contribution in [2.24, 2.45) is 0 Å². The Hall–Kier alpha value is -2.04. The summed E-state index contributed by atoms with van der Waals surface area (Å²) >= 11 is 0. The van der Waals surface area contributed by atoms with Gasteiger partial charge < -0.3 is 14.2 Å². The topological polar surface area (TPSA) is 61.8 Å². The Morgan fingerprint density at radius 1 is 1.17 bits per heavy atom. The van der Waals surface area contributed by atoms with E-state index in [0.29, 0.717) is 11.5 Å². The minimum Gasteiger partial charge on any atom is -0.497 e. The van der Waals surface area contributed by atoms with Crippen molar-refractivity contribution in [1.29, 1.82) is 0 Å². The van der Waals surface area contributed by atoms with Gasteiger partial charge in [0, 0.05) is 0 Å². The maximum absolute atomic E-state index is 11.5. The lowest BCUT2D eigenvalue weighted by atomic mass is 10.2. The van der Waals surface area contributed by atoms with Crippen LogP contribution in [0.25, 0.3) is 0 Å². The molecule has 1 aromatic rings. The second kappa shape index (κ2) is 6.64. The molecule has 0 unspecified atom stereocenters. The van der Waals surface area contributed by atoms with Gasteiger partial charge in [-0.05, 0) is 38.1 Å². The lowest BCUT2D eigenvalue weighted by Crippen LogP contribution is -2.35. The summed E-state index contributed by atoms with van der Waals surface area (Å²) in [6.07, 6.45) is -1.22. The molecule has 0 aromatic heterocycles. The minimum atomic E-state index is -1.22. The first kappa shape index (κ1) is 14.0. The number of carbonyl (C=O) groups is 2. The van der Waals surface area contributed by atoms with Crippen LogP contribution in [0.4, 0.5) is 0 Å². The summed E-state index contributed by atoms with van der Waals surface area (Å²) in [6.45, 7) is 3.15. The van der Waals surface area contributed by atoms with E-state index < -0.39 is 17.9 Å². The first-order valence-electron chi connectivity index (χ1n) is 5.56. The molecule has 0 amide bonds. The van der Waals surface area contributed by atoms with Crippen molar-refractivity contribution in [2.45, 2.75) is 20.0 Å². The van der Waals surface area contributed by atoms with E-state index in [2.05, 4.69) is 0 Å². The molecule has 0 N–H and O–H groups in total. The highest BCUT2D eigenvalue weighted by Crippen LogP contribution is 2.18. The normalized spacial score (nSPS) is 11.5. The summed E-state index contributed by atoms with van der Waals surface area (Å²) in [5, 5.41) is 0. The Kier molecular flexibility index (Phi) is 5.17. The minimum absolute atomic E-state index is 0.203. The molecule has 0 bridgehead atoms. The van der Waals surface area contributed by atoms with E-state index in [9.17, 15) is 9.59 Å². The predicted octanol–water partition coefficient (Wildman–Crippen LogP) is 1.59. The Bertz CT molecular complexity index is 410. The molecule has 0 saturated heterocycles. The van der Waals surface area contributed by atoms with Gasteiger partial charge in [-0.2, -0.15) is 0 Å². The molecule has 0 radical (unpaired) electrons. The second-order valence-corrected chi connectivity index (χ2v) is 3.54. The van der Waals surface area contributed by atoms with E-state index in [4.69, 9.17) is 14.2 Å². The predicted molar refractivity (Wildman–Crippen MR) is 64.7 cm³/mol. The lowest BCUT2D eigenvalue weighted by Gasteiger charge is -2.15. The fourth-order valence-electron chi connectivity index (χ4n) is 1.31. The summed E-state index contributed by atoms with van der Waals surface area (Å²) < 4.78 is 15.1. The van der Waals surface area contributed by atoms with Crippen molar-refractivity contribution in [3.63, 3.8) is 0 Å². The number of hydrogen-bond acceptors (Lipinski definition) is 5. The number of ether oxygens (including phenoxy) is 3. The molecule has 18 heavy (non-hydrogen) atoms. The van der Waals surface area contributed by atoms with Gasteiger partial charge in [-0.25, -0.2) is 4.79 Å². The van der Waals surface area contributed by atoms with Crippen molar-refractivity contribution in [3.05, 3.63) is 24.3 Å². The van der Waals surface area contributed by atoms with Gasteiger partial charge in [-0.1, -0.05) is 0 Å². The molecule has 1 rings (SSSR count). The van der Waals surface area contributed by atoms with Crippen molar-refractivity contribution >= 4 is 11.8 Å². The van der Waals surface area contributed by atoms with E-state index in [1.807, 2.05) is 0 Å². The third-order valence-corrected chi connectivity index (χ3v) is 2.18. The van der Waals surface area contributed by atoms with Gasteiger partial charge in [-0.3, -0.25) is 4.79 Å². The van der Waals surface area contributed by atoms with Crippen molar-refractivity contribution in [2.75, 3.05) is 13.7 Å². The number of esters is 1. The maximum atomic E-state index is 11.5. The van der Waals surface area contributed by atoms with Gasteiger partial charge in [0.2, 0.25) is 0 Å². The molecule has 0 heterocycles. The first-order chi connectivity index (χ1) is 8.58. The lowest BCUT2D eigenvalue weighted by molar-refractivity contribution is -0.154. The van der Waals surface area contributed by atoms with Crippen LogP contribution in [0.3, 0.4) is 0 Å². The average molecular weight is 252 g/mol.